The number of para-hydroxylation sites is 1. The number of aliphatic hydroxyl groups is 1. The summed E-state index contributed by atoms with van der Waals surface area (Å²) in [6.07, 6.45) is 4.94. The number of methoxy groups -OCH3 is 1. The van der Waals surface area contributed by atoms with E-state index in [1.807, 2.05) is 52.3 Å². The third-order valence-electron chi connectivity index (χ3n) is 10.8. The standard InChI is InChI=1S/C38H48N2O5Si/c1-26-34(20-14-27-9-7-11-29(23-27)40-33-13-6-5-10-28(33)15-21-36(40)42)45-35(24-37(43)39-22-8-12-30(39)25-41)38(26)46(3,4)32-18-16-31(44-2)17-19-32/h5-7,9-11,13,16-19,23,26,30,34-35,38,41H,8,12,14-15,20-22,24-25H2,1-4H3/t26-,30-,34+,35-,38+/m0/s1. The number of aryl methyl sites for hydroxylation is 2. The molecule has 2 amide bonds. The molecule has 3 aromatic rings. The van der Waals surface area contributed by atoms with Gasteiger partial charge in [0.2, 0.25) is 11.8 Å². The van der Waals surface area contributed by atoms with Gasteiger partial charge in [0.25, 0.3) is 0 Å². The molecule has 3 heterocycles. The Bertz CT molecular complexity index is 1540. The summed E-state index contributed by atoms with van der Waals surface area (Å²) in [6.45, 7) is 7.84. The Labute approximate surface area is 274 Å². The van der Waals surface area contributed by atoms with E-state index < -0.39 is 8.07 Å². The fourth-order valence-corrected chi connectivity index (χ4v) is 12.4. The quantitative estimate of drug-likeness (QED) is 0.275. The van der Waals surface area contributed by atoms with E-state index in [0.29, 0.717) is 19.4 Å². The summed E-state index contributed by atoms with van der Waals surface area (Å²) in [6, 6.07) is 24.9. The number of benzene rings is 3. The lowest BCUT2D eigenvalue weighted by Gasteiger charge is -2.36. The second-order valence-electron chi connectivity index (χ2n) is 13.9. The number of likely N-dealkylation sites (tertiary alicyclic amines) is 1. The maximum Gasteiger partial charge on any atom is 0.231 e. The third-order valence-corrected chi connectivity index (χ3v) is 15.2. The molecule has 0 saturated carbocycles. The Balaban J connectivity index is 1.22. The van der Waals surface area contributed by atoms with E-state index in [2.05, 4.69) is 50.3 Å². The van der Waals surface area contributed by atoms with Crippen molar-refractivity contribution in [3.05, 3.63) is 83.9 Å². The number of ether oxygens (including phenoxy) is 2. The van der Waals surface area contributed by atoms with E-state index in [0.717, 1.165) is 49.2 Å². The fourth-order valence-electron chi connectivity index (χ4n) is 8.36. The van der Waals surface area contributed by atoms with Crippen LogP contribution in [0.15, 0.2) is 72.8 Å². The first kappa shape index (κ1) is 32.5. The average molecular weight is 641 g/mol. The molecule has 5 atom stereocenters. The fraction of sp³-hybridized carbons (Fsp3) is 0.474. The summed E-state index contributed by atoms with van der Waals surface area (Å²) in [5.74, 6) is 1.34. The summed E-state index contributed by atoms with van der Waals surface area (Å²) in [7, 11) is -0.420. The molecule has 1 N–H and O–H groups in total. The molecule has 0 bridgehead atoms. The number of carbonyl (C=O) groups excluding carboxylic acids is 2. The van der Waals surface area contributed by atoms with Crippen LogP contribution in [0.25, 0.3) is 0 Å². The van der Waals surface area contributed by atoms with Crippen molar-refractivity contribution in [1.29, 1.82) is 0 Å². The van der Waals surface area contributed by atoms with Gasteiger partial charge in [-0.05, 0) is 85.0 Å². The average Bonchev–Trinajstić information content (AvgIpc) is 3.68. The number of amides is 2. The van der Waals surface area contributed by atoms with Gasteiger partial charge in [-0.3, -0.25) is 14.5 Å². The number of rotatable bonds is 10. The summed E-state index contributed by atoms with van der Waals surface area (Å²) < 4.78 is 12.3. The SMILES string of the molecule is COc1ccc([Si](C)(C)[C@@H]2[C@@H](C)[C@@H](CCc3cccc(N4C(=O)CCc5ccccc54)c3)O[C@H]2CC(=O)N2CCC[C@H]2CO)cc1. The van der Waals surface area contributed by atoms with Gasteiger partial charge in [-0.25, -0.2) is 0 Å². The lowest BCUT2D eigenvalue weighted by atomic mass is 9.94. The smallest absolute Gasteiger partial charge is 0.231 e. The van der Waals surface area contributed by atoms with Gasteiger partial charge in [0.1, 0.15) is 5.75 Å². The van der Waals surface area contributed by atoms with Crippen molar-refractivity contribution in [2.24, 2.45) is 5.92 Å². The molecule has 3 aliphatic rings. The minimum atomic E-state index is -2.11. The Hall–Kier alpha value is -3.46. The zero-order chi connectivity index (χ0) is 32.4. The van der Waals surface area contributed by atoms with Crippen LogP contribution in [0.4, 0.5) is 11.4 Å². The predicted octanol–water partition coefficient (Wildman–Crippen LogP) is 6.00. The van der Waals surface area contributed by atoms with Crippen LogP contribution in [0.5, 0.6) is 5.75 Å². The number of nitrogens with zero attached hydrogens (tertiary/aromatic N) is 2. The molecule has 46 heavy (non-hydrogen) atoms. The molecule has 0 aliphatic carbocycles. The predicted molar refractivity (Wildman–Crippen MR) is 185 cm³/mol. The molecule has 6 rings (SSSR count). The normalized spacial score (nSPS) is 24.7. The maximum atomic E-state index is 13.7. The Morgan fingerprint density at radius 3 is 2.57 bits per heavy atom. The van der Waals surface area contributed by atoms with Gasteiger partial charge in [-0.15, -0.1) is 0 Å². The molecule has 0 radical (unpaired) electrons. The van der Waals surface area contributed by atoms with Crippen molar-refractivity contribution in [2.45, 2.75) is 88.8 Å². The molecule has 3 aliphatic heterocycles. The largest absolute Gasteiger partial charge is 0.497 e. The highest BCUT2D eigenvalue weighted by molar-refractivity contribution is 6.91. The summed E-state index contributed by atoms with van der Waals surface area (Å²) >= 11 is 0. The van der Waals surface area contributed by atoms with E-state index in [9.17, 15) is 14.7 Å². The van der Waals surface area contributed by atoms with Crippen LogP contribution in [0, 0.1) is 5.92 Å². The second-order valence-corrected chi connectivity index (χ2v) is 18.6. The molecular formula is C38H48N2O5Si. The zero-order valence-electron chi connectivity index (χ0n) is 27.7. The highest BCUT2D eigenvalue weighted by atomic mass is 28.3. The molecule has 2 saturated heterocycles. The Morgan fingerprint density at radius 2 is 1.80 bits per heavy atom. The van der Waals surface area contributed by atoms with Crippen LogP contribution in [-0.2, 0) is 27.2 Å². The monoisotopic (exact) mass is 640 g/mol. The minimum absolute atomic E-state index is 0.0134. The summed E-state index contributed by atoms with van der Waals surface area (Å²) in [5, 5.41) is 11.2. The van der Waals surface area contributed by atoms with E-state index in [-0.39, 0.29) is 48.1 Å². The van der Waals surface area contributed by atoms with Crippen molar-refractivity contribution >= 4 is 36.4 Å². The first-order valence-electron chi connectivity index (χ1n) is 16.9. The van der Waals surface area contributed by atoms with Crippen molar-refractivity contribution in [3.8, 4) is 5.75 Å². The van der Waals surface area contributed by atoms with Crippen molar-refractivity contribution in [2.75, 3.05) is 25.2 Å². The Morgan fingerprint density at radius 1 is 1.02 bits per heavy atom. The zero-order valence-corrected chi connectivity index (χ0v) is 28.7. The minimum Gasteiger partial charge on any atom is -0.497 e. The van der Waals surface area contributed by atoms with Crippen LogP contribution in [-0.4, -0.2) is 68.4 Å². The van der Waals surface area contributed by atoms with E-state index >= 15 is 0 Å². The number of fused-ring (bicyclic) bond motifs is 1. The second kappa shape index (κ2) is 13.7. The highest BCUT2D eigenvalue weighted by Crippen LogP contribution is 2.47. The van der Waals surface area contributed by atoms with Crippen LogP contribution in [0.2, 0.25) is 18.6 Å². The van der Waals surface area contributed by atoms with Gasteiger partial charge in [-0.1, -0.05) is 67.7 Å². The maximum absolute atomic E-state index is 13.7. The number of aliphatic hydroxyl groups excluding tert-OH is 1. The lowest BCUT2D eigenvalue weighted by Crippen LogP contribution is -2.51. The van der Waals surface area contributed by atoms with E-state index in [4.69, 9.17) is 9.47 Å². The Kier molecular flexibility index (Phi) is 9.69. The molecule has 2 fully saturated rings. The highest BCUT2D eigenvalue weighted by Gasteiger charge is 2.51. The van der Waals surface area contributed by atoms with Crippen LogP contribution in [0.3, 0.4) is 0 Å². The van der Waals surface area contributed by atoms with Crippen LogP contribution in [0.1, 0.15) is 50.2 Å². The van der Waals surface area contributed by atoms with Gasteiger partial charge in [0, 0.05) is 18.7 Å². The molecule has 244 valence electrons. The molecule has 0 spiro atoms. The van der Waals surface area contributed by atoms with Gasteiger partial charge in [-0.2, -0.15) is 0 Å². The van der Waals surface area contributed by atoms with Gasteiger partial charge >= 0.3 is 0 Å². The van der Waals surface area contributed by atoms with Crippen molar-refractivity contribution in [1.82, 2.24) is 4.90 Å². The molecular weight excluding hydrogens is 593 g/mol. The topological polar surface area (TPSA) is 79.3 Å². The van der Waals surface area contributed by atoms with Gasteiger partial charge < -0.3 is 19.5 Å². The van der Waals surface area contributed by atoms with Crippen LogP contribution < -0.4 is 14.8 Å². The number of hydrogen-bond donors (Lipinski definition) is 1. The first-order chi connectivity index (χ1) is 22.2. The molecule has 7 nitrogen and oxygen atoms in total. The summed E-state index contributed by atoms with van der Waals surface area (Å²) in [5.41, 5.74) is 4.52. The van der Waals surface area contributed by atoms with E-state index in [1.54, 1.807) is 7.11 Å². The molecule has 8 heteroatoms. The number of anilines is 2. The molecule has 3 aromatic carbocycles. The van der Waals surface area contributed by atoms with Crippen molar-refractivity contribution in [3.63, 3.8) is 0 Å². The third kappa shape index (κ3) is 6.40. The lowest BCUT2D eigenvalue weighted by molar-refractivity contribution is -0.135. The van der Waals surface area contributed by atoms with Crippen LogP contribution >= 0.6 is 0 Å². The number of hydrogen-bond acceptors (Lipinski definition) is 5. The van der Waals surface area contributed by atoms with Crippen molar-refractivity contribution < 1.29 is 24.2 Å². The number of carbonyl (C=O) groups is 2. The van der Waals surface area contributed by atoms with Gasteiger partial charge in [0.05, 0.1) is 52.1 Å². The molecule has 0 aromatic heterocycles. The summed E-state index contributed by atoms with van der Waals surface area (Å²) in [4.78, 5) is 30.5. The van der Waals surface area contributed by atoms with E-state index in [1.165, 1.54) is 16.3 Å². The molecule has 0 unspecified atom stereocenters. The van der Waals surface area contributed by atoms with Gasteiger partial charge in [0.15, 0.2) is 0 Å². The first-order valence-corrected chi connectivity index (χ1v) is 20.0.